The van der Waals surface area contributed by atoms with E-state index >= 15 is 0 Å². The fourth-order valence-corrected chi connectivity index (χ4v) is 2.21. The first kappa shape index (κ1) is 18.0. The molecule has 0 unspecified atom stereocenters. The Morgan fingerprint density at radius 2 is 1.92 bits per heavy atom. The number of hydrogen-bond donors (Lipinski definition) is 4. The number of aliphatic imine (C=N–C) groups is 1. The Balaban J connectivity index is 2.17. The zero-order valence-electron chi connectivity index (χ0n) is 12.9. The fraction of sp³-hybridized carbons (Fsp3) is 0. The standard InChI is InChI=1S/C17H15ClN4O3/c18-14-9-13(6-4-10(14)5-7-15(23)24)21-16(25)11-2-1-3-12(8-11)22-17(19)20/h1-9H,(H,21,25)(H,23,24)(H4,19,20,22). The second kappa shape index (κ2) is 7.98. The quantitative estimate of drug-likeness (QED) is 0.370. The lowest BCUT2D eigenvalue weighted by Gasteiger charge is -2.08. The van der Waals surface area contributed by atoms with Crippen LogP contribution in [-0.4, -0.2) is 22.9 Å². The predicted molar refractivity (Wildman–Crippen MR) is 98.0 cm³/mol. The van der Waals surface area contributed by atoms with E-state index in [9.17, 15) is 9.59 Å². The summed E-state index contributed by atoms with van der Waals surface area (Å²) in [7, 11) is 0. The Labute approximate surface area is 148 Å². The van der Waals surface area contributed by atoms with Gasteiger partial charge in [0.2, 0.25) is 0 Å². The maximum Gasteiger partial charge on any atom is 0.328 e. The molecular weight excluding hydrogens is 344 g/mol. The van der Waals surface area contributed by atoms with Crippen LogP contribution in [0.1, 0.15) is 15.9 Å². The Kier molecular flexibility index (Phi) is 5.75. The number of nitrogens with two attached hydrogens (primary N) is 2. The van der Waals surface area contributed by atoms with Crippen molar-refractivity contribution in [2.45, 2.75) is 0 Å². The van der Waals surface area contributed by atoms with Gasteiger partial charge in [-0.2, -0.15) is 0 Å². The van der Waals surface area contributed by atoms with Gasteiger partial charge in [0, 0.05) is 22.3 Å². The van der Waals surface area contributed by atoms with Crippen molar-refractivity contribution in [3.8, 4) is 0 Å². The van der Waals surface area contributed by atoms with Gasteiger partial charge in [-0.05, 0) is 42.0 Å². The molecular formula is C17H15ClN4O3. The van der Waals surface area contributed by atoms with Gasteiger partial charge in [0.1, 0.15) is 0 Å². The van der Waals surface area contributed by atoms with E-state index in [-0.39, 0.29) is 11.9 Å². The van der Waals surface area contributed by atoms with Crippen molar-refractivity contribution in [1.82, 2.24) is 0 Å². The zero-order chi connectivity index (χ0) is 18.4. The smallest absolute Gasteiger partial charge is 0.328 e. The van der Waals surface area contributed by atoms with Crippen LogP contribution in [0, 0.1) is 0 Å². The molecule has 0 aliphatic carbocycles. The minimum absolute atomic E-state index is 0.102. The molecule has 0 atom stereocenters. The number of amides is 1. The summed E-state index contributed by atoms with van der Waals surface area (Å²) in [5.41, 5.74) is 12.5. The molecule has 25 heavy (non-hydrogen) atoms. The van der Waals surface area contributed by atoms with Crippen molar-refractivity contribution < 1.29 is 14.7 Å². The van der Waals surface area contributed by atoms with Gasteiger partial charge in [-0.25, -0.2) is 9.79 Å². The summed E-state index contributed by atoms with van der Waals surface area (Å²) in [6.07, 6.45) is 2.35. The third-order valence-corrected chi connectivity index (χ3v) is 3.36. The van der Waals surface area contributed by atoms with E-state index in [2.05, 4.69) is 10.3 Å². The lowest BCUT2D eigenvalue weighted by atomic mass is 10.1. The van der Waals surface area contributed by atoms with E-state index in [0.29, 0.717) is 27.5 Å². The zero-order valence-corrected chi connectivity index (χ0v) is 13.7. The predicted octanol–water partition coefficient (Wildman–Crippen LogP) is 2.59. The molecule has 0 heterocycles. The first-order valence-corrected chi connectivity index (χ1v) is 7.44. The Bertz CT molecular complexity index is 874. The van der Waals surface area contributed by atoms with Crippen molar-refractivity contribution in [3.63, 3.8) is 0 Å². The minimum Gasteiger partial charge on any atom is -0.478 e. The third-order valence-electron chi connectivity index (χ3n) is 3.03. The molecule has 1 amide bonds. The summed E-state index contributed by atoms with van der Waals surface area (Å²) in [6, 6.07) is 11.2. The topological polar surface area (TPSA) is 131 Å². The van der Waals surface area contributed by atoms with Crippen LogP contribution in [0.15, 0.2) is 53.5 Å². The van der Waals surface area contributed by atoms with E-state index in [0.717, 1.165) is 6.08 Å². The van der Waals surface area contributed by atoms with Gasteiger partial charge in [0.05, 0.1) is 5.69 Å². The number of carboxylic acids is 1. The average molecular weight is 359 g/mol. The van der Waals surface area contributed by atoms with Gasteiger partial charge < -0.3 is 21.9 Å². The lowest BCUT2D eigenvalue weighted by molar-refractivity contribution is -0.131. The van der Waals surface area contributed by atoms with Gasteiger partial charge in [-0.15, -0.1) is 0 Å². The molecule has 0 aromatic heterocycles. The molecule has 0 bridgehead atoms. The van der Waals surface area contributed by atoms with Crippen LogP contribution in [0.2, 0.25) is 5.02 Å². The van der Waals surface area contributed by atoms with Crippen LogP contribution in [0.5, 0.6) is 0 Å². The maximum absolute atomic E-state index is 12.3. The molecule has 2 rings (SSSR count). The van der Waals surface area contributed by atoms with E-state index < -0.39 is 5.97 Å². The van der Waals surface area contributed by atoms with Gasteiger partial charge in [-0.1, -0.05) is 23.7 Å². The highest BCUT2D eigenvalue weighted by Gasteiger charge is 2.08. The van der Waals surface area contributed by atoms with E-state index in [4.69, 9.17) is 28.2 Å². The molecule has 2 aromatic rings. The normalized spacial score (nSPS) is 10.4. The van der Waals surface area contributed by atoms with Crippen LogP contribution in [-0.2, 0) is 4.79 Å². The highest BCUT2D eigenvalue weighted by atomic mass is 35.5. The number of aliphatic carboxylic acids is 1. The SMILES string of the molecule is NC(N)=Nc1cccc(C(=O)Nc2ccc(C=CC(=O)O)c(Cl)c2)c1. The number of hydrogen-bond acceptors (Lipinski definition) is 3. The van der Waals surface area contributed by atoms with Crippen LogP contribution >= 0.6 is 11.6 Å². The lowest BCUT2D eigenvalue weighted by Crippen LogP contribution is -2.21. The number of halogens is 1. The molecule has 0 fully saturated rings. The number of guanidine groups is 1. The van der Waals surface area contributed by atoms with Gasteiger partial charge in [0.25, 0.3) is 5.91 Å². The molecule has 0 saturated heterocycles. The van der Waals surface area contributed by atoms with Gasteiger partial charge in [-0.3, -0.25) is 4.79 Å². The minimum atomic E-state index is -1.07. The molecule has 0 spiro atoms. The number of nitrogens with one attached hydrogen (secondary N) is 1. The van der Waals surface area contributed by atoms with Gasteiger partial charge >= 0.3 is 5.97 Å². The summed E-state index contributed by atoms with van der Waals surface area (Å²) in [5.74, 6) is -1.54. The molecule has 6 N–H and O–H groups in total. The number of rotatable bonds is 5. The van der Waals surface area contributed by atoms with E-state index in [1.807, 2.05) is 0 Å². The molecule has 0 saturated carbocycles. The highest BCUT2D eigenvalue weighted by Crippen LogP contribution is 2.23. The molecule has 0 aliphatic heterocycles. The second-order valence-corrected chi connectivity index (χ2v) is 5.36. The molecule has 7 nitrogen and oxygen atoms in total. The number of carbonyl (C=O) groups is 2. The summed E-state index contributed by atoms with van der Waals surface area (Å²) in [5, 5.41) is 11.6. The molecule has 8 heteroatoms. The Morgan fingerprint density at radius 1 is 1.16 bits per heavy atom. The van der Waals surface area contributed by atoms with Crippen molar-refractivity contribution in [2.75, 3.05) is 5.32 Å². The average Bonchev–Trinajstić information content (AvgIpc) is 2.53. The second-order valence-electron chi connectivity index (χ2n) is 4.95. The van der Waals surface area contributed by atoms with Crippen LogP contribution < -0.4 is 16.8 Å². The number of carboxylic acid groups (broad SMARTS) is 1. The first-order chi connectivity index (χ1) is 11.8. The number of carbonyl (C=O) groups excluding carboxylic acids is 1. The largest absolute Gasteiger partial charge is 0.478 e. The number of nitrogens with zero attached hydrogens (tertiary/aromatic N) is 1. The summed E-state index contributed by atoms with van der Waals surface area (Å²) < 4.78 is 0. The van der Waals surface area contributed by atoms with Gasteiger partial charge in [0.15, 0.2) is 5.96 Å². The summed E-state index contributed by atoms with van der Waals surface area (Å²) in [6.45, 7) is 0. The van der Waals surface area contributed by atoms with E-state index in [1.165, 1.54) is 12.1 Å². The van der Waals surface area contributed by atoms with Crippen molar-refractivity contribution in [1.29, 1.82) is 0 Å². The molecule has 2 aromatic carbocycles. The van der Waals surface area contributed by atoms with Crippen LogP contribution in [0.4, 0.5) is 11.4 Å². The summed E-state index contributed by atoms with van der Waals surface area (Å²) in [4.78, 5) is 26.7. The Hall–Kier alpha value is -3.32. The fourth-order valence-electron chi connectivity index (χ4n) is 1.97. The number of anilines is 1. The molecule has 0 aliphatic rings. The highest BCUT2D eigenvalue weighted by molar-refractivity contribution is 6.32. The maximum atomic E-state index is 12.3. The molecule has 0 radical (unpaired) electrons. The van der Waals surface area contributed by atoms with E-state index in [1.54, 1.807) is 36.4 Å². The van der Waals surface area contributed by atoms with Crippen LogP contribution in [0.3, 0.4) is 0 Å². The third kappa shape index (κ3) is 5.36. The van der Waals surface area contributed by atoms with Crippen molar-refractivity contribution in [3.05, 3.63) is 64.7 Å². The Morgan fingerprint density at radius 3 is 2.56 bits per heavy atom. The molecule has 128 valence electrons. The van der Waals surface area contributed by atoms with Crippen molar-refractivity contribution in [2.24, 2.45) is 16.5 Å². The number of benzene rings is 2. The van der Waals surface area contributed by atoms with Crippen molar-refractivity contribution >= 4 is 46.9 Å². The van der Waals surface area contributed by atoms with Crippen LogP contribution in [0.25, 0.3) is 6.08 Å². The summed E-state index contributed by atoms with van der Waals surface area (Å²) >= 11 is 6.08. The first-order valence-electron chi connectivity index (χ1n) is 7.07. The monoisotopic (exact) mass is 358 g/mol.